The van der Waals surface area contributed by atoms with E-state index in [9.17, 15) is 9.18 Å². The Hall–Kier alpha value is -4.99. The van der Waals surface area contributed by atoms with Crippen LogP contribution in [0.5, 0.6) is 0 Å². The molecule has 4 heterocycles. The zero-order chi connectivity index (χ0) is 26.4. The Morgan fingerprint density at radius 2 is 1.87 bits per heavy atom. The Balaban J connectivity index is 1.45. The number of aromatic nitrogens is 6. The van der Waals surface area contributed by atoms with Gasteiger partial charge in [-0.3, -0.25) is 14.9 Å². The largest absolute Gasteiger partial charge is 0.335 e. The van der Waals surface area contributed by atoms with Gasteiger partial charge in [0, 0.05) is 35.0 Å². The second-order valence-corrected chi connectivity index (χ2v) is 9.18. The van der Waals surface area contributed by atoms with Gasteiger partial charge < -0.3 is 10.3 Å². The fraction of sp³-hybridized carbons (Fsp3) is 0.107. The van der Waals surface area contributed by atoms with E-state index in [1.165, 1.54) is 24.5 Å². The number of anilines is 1. The summed E-state index contributed by atoms with van der Waals surface area (Å²) in [7, 11) is 0. The van der Waals surface area contributed by atoms with Crippen LogP contribution in [0.4, 0.5) is 14.5 Å². The van der Waals surface area contributed by atoms with Gasteiger partial charge in [0.25, 0.3) is 0 Å². The van der Waals surface area contributed by atoms with Gasteiger partial charge in [-0.1, -0.05) is 26.0 Å². The third-order valence-electron chi connectivity index (χ3n) is 6.26. The highest BCUT2D eigenvalue weighted by molar-refractivity contribution is 5.98. The van der Waals surface area contributed by atoms with Crippen molar-refractivity contribution >= 4 is 33.7 Å². The lowest BCUT2D eigenvalue weighted by molar-refractivity contribution is -0.118. The van der Waals surface area contributed by atoms with Crippen LogP contribution in [0.2, 0.25) is 0 Å². The minimum absolute atomic E-state index is 0.159. The molecule has 188 valence electrons. The number of amides is 1. The molecule has 0 atom stereocenters. The van der Waals surface area contributed by atoms with Crippen molar-refractivity contribution in [3.63, 3.8) is 0 Å². The molecule has 0 radical (unpaired) electrons. The molecule has 3 N–H and O–H groups in total. The van der Waals surface area contributed by atoms with Crippen LogP contribution < -0.4 is 5.32 Å². The third kappa shape index (κ3) is 4.05. The molecule has 10 heteroatoms. The highest BCUT2D eigenvalue weighted by atomic mass is 19.1. The topological polar surface area (TPSA) is 112 Å². The molecular formula is C28H21F2N7O. The van der Waals surface area contributed by atoms with Crippen LogP contribution in [0.15, 0.2) is 67.1 Å². The number of rotatable bonds is 5. The molecular weight excluding hydrogens is 488 g/mol. The Morgan fingerprint density at radius 3 is 2.68 bits per heavy atom. The Bertz CT molecular complexity index is 1840. The van der Waals surface area contributed by atoms with E-state index in [0.29, 0.717) is 50.4 Å². The molecule has 0 saturated carbocycles. The molecule has 0 aliphatic rings. The molecule has 4 aromatic heterocycles. The van der Waals surface area contributed by atoms with Crippen molar-refractivity contribution in [3.8, 4) is 33.8 Å². The first-order valence-electron chi connectivity index (χ1n) is 11.9. The molecule has 0 aliphatic carbocycles. The number of imidazole rings is 1. The van der Waals surface area contributed by atoms with Crippen molar-refractivity contribution < 1.29 is 13.6 Å². The van der Waals surface area contributed by atoms with Crippen molar-refractivity contribution in [3.05, 3.63) is 78.8 Å². The van der Waals surface area contributed by atoms with Crippen LogP contribution in [0.25, 0.3) is 55.8 Å². The summed E-state index contributed by atoms with van der Waals surface area (Å²) < 4.78 is 29.9. The average molecular weight is 510 g/mol. The molecule has 0 saturated heterocycles. The van der Waals surface area contributed by atoms with Gasteiger partial charge in [0.15, 0.2) is 11.5 Å². The lowest BCUT2D eigenvalue weighted by atomic mass is 10.0. The summed E-state index contributed by atoms with van der Waals surface area (Å²) >= 11 is 0. The quantitative estimate of drug-likeness (QED) is 0.260. The Morgan fingerprint density at radius 1 is 1.00 bits per heavy atom. The number of fused-ring (bicyclic) bond motifs is 2. The first-order chi connectivity index (χ1) is 18.4. The van der Waals surface area contributed by atoms with E-state index in [0.717, 1.165) is 0 Å². The lowest BCUT2D eigenvalue weighted by Crippen LogP contribution is -2.17. The summed E-state index contributed by atoms with van der Waals surface area (Å²) in [6.45, 7) is 3.57. The summed E-state index contributed by atoms with van der Waals surface area (Å²) in [5, 5.41) is 10.2. The smallest absolute Gasteiger partial charge is 0.226 e. The first-order valence-corrected chi connectivity index (χ1v) is 11.9. The lowest BCUT2D eigenvalue weighted by Gasteiger charge is -2.10. The summed E-state index contributed by atoms with van der Waals surface area (Å²) in [6, 6.07) is 13.0. The molecule has 2 aromatic carbocycles. The normalized spacial score (nSPS) is 11.5. The van der Waals surface area contributed by atoms with Crippen LogP contribution in [0, 0.1) is 17.6 Å². The summed E-state index contributed by atoms with van der Waals surface area (Å²) in [4.78, 5) is 28.4. The molecule has 0 fully saturated rings. The number of aromatic amines is 2. The van der Waals surface area contributed by atoms with Crippen LogP contribution in [0.3, 0.4) is 0 Å². The van der Waals surface area contributed by atoms with Crippen molar-refractivity contribution in [2.45, 2.75) is 13.8 Å². The summed E-state index contributed by atoms with van der Waals surface area (Å²) in [6.07, 6.45) is 4.64. The molecule has 6 rings (SSSR count). The molecule has 38 heavy (non-hydrogen) atoms. The van der Waals surface area contributed by atoms with E-state index < -0.39 is 5.82 Å². The van der Waals surface area contributed by atoms with Gasteiger partial charge in [0.05, 0.1) is 28.3 Å². The van der Waals surface area contributed by atoms with Crippen LogP contribution in [-0.2, 0) is 4.79 Å². The monoisotopic (exact) mass is 509 g/mol. The zero-order valence-electron chi connectivity index (χ0n) is 20.4. The van der Waals surface area contributed by atoms with E-state index >= 15 is 4.39 Å². The fourth-order valence-electron chi connectivity index (χ4n) is 4.33. The van der Waals surface area contributed by atoms with Crippen molar-refractivity contribution in [2.75, 3.05) is 5.32 Å². The molecule has 8 nitrogen and oxygen atoms in total. The van der Waals surface area contributed by atoms with Crippen LogP contribution >= 0.6 is 0 Å². The molecule has 6 aromatic rings. The van der Waals surface area contributed by atoms with Crippen LogP contribution in [-0.4, -0.2) is 36.0 Å². The molecule has 0 spiro atoms. The number of H-pyrrole nitrogens is 2. The van der Waals surface area contributed by atoms with Crippen molar-refractivity contribution in [1.29, 1.82) is 0 Å². The second kappa shape index (κ2) is 9.15. The van der Waals surface area contributed by atoms with E-state index in [4.69, 9.17) is 0 Å². The van der Waals surface area contributed by atoms with Gasteiger partial charge >= 0.3 is 0 Å². The number of carbonyl (C=O) groups excluding carboxylic acids is 1. The van der Waals surface area contributed by atoms with Gasteiger partial charge in [-0.25, -0.2) is 18.7 Å². The minimum Gasteiger partial charge on any atom is -0.335 e. The fourth-order valence-corrected chi connectivity index (χ4v) is 4.33. The van der Waals surface area contributed by atoms with Gasteiger partial charge in [-0.15, -0.1) is 0 Å². The van der Waals surface area contributed by atoms with Gasteiger partial charge in [-0.05, 0) is 42.0 Å². The maximum atomic E-state index is 16.0. The number of hydrogen-bond donors (Lipinski definition) is 3. The predicted octanol–water partition coefficient (Wildman–Crippen LogP) is 6.10. The van der Waals surface area contributed by atoms with Crippen molar-refractivity contribution in [2.24, 2.45) is 5.92 Å². The number of halogens is 2. The summed E-state index contributed by atoms with van der Waals surface area (Å²) in [5.74, 6) is -0.927. The number of nitrogens with one attached hydrogen (secondary N) is 3. The third-order valence-corrected chi connectivity index (χ3v) is 6.26. The van der Waals surface area contributed by atoms with Crippen LogP contribution in [0.1, 0.15) is 13.8 Å². The van der Waals surface area contributed by atoms with Crippen molar-refractivity contribution in [1.82, 2.24) is 30.1 Å². The number of pyridine rings is 2. The number of hydrogen-bond acceptors (Lipinski definition) is 5. The SMILES string of the molecule is CC(C)C(=O)Nc1cncc(-c2ccc3[nH]nc(-c4nc5nccc(-c6cccc(F)c6)c5[nH]4)c3c2F)c1. The highest BCUT2D eigenvalue weighted by Gasteiger charge is 2.21. The standard InChI is InChI=1S/C28H21F2N7O/c1-14(2)28(38)33-18-11-16(12-31-13-18)19-6-7-21-22(23(19)30)25(37-36-21)27-34-24-20(8-9-32-26(24)35-27)15-4-3-5-17(29)10-15/h3-14H,1-2H3,(H,33,38)(H,36,37)(H,32,34,35). The van der Waals surface area contributed by atoms with E-state index in [1.54, 1.807) is 56.4 Å². The molecule has 0 bridgehead atoms. The highest BCUT2D eigenvalue weighted by Crippen LogP contribution is 2.35. The Kier molecular flexibility index (Phi) is 5.64. The molecule has 1 amide bonds. The van der Waals surface area contributed by atoms with Gasteiger partial charge in [-0.2, -0.15) is 5.10 Å². The maximum Gasteiger partial charge on any atom is 0.226 e. The summed E-state index contributed by atoms with van der Waals surface area (Å²) in [5.41, 5.74) is 4.37. The minimum atomic E-state index is -0.515. The zero-order valence-corrected chi connectivity index (χ0v) is 20.4. The first kappa shape index (κ1) is 23.4. The second-order valence-electron chi connectivity index (χ2n) is 9.18. The predicted molar refractivity (Wildman–Crippen MR) is 141 cm³/mol. The van der Waals surface area contributed by atoms with E-state index in [2.05, 4.69) is 35.5 Å². The molecule has 0 aliphatic heterocycles. The number of carbonyl (C=O) groups is 1. The molecule has 0 unspecified atom stereocenters. The Labute approximate surface area is 215 Å². The van der Waals surface area contributed by atoms with Gasteiger partial charge in [0.1, 0.15) is 17.3 Å². The van der Waals surface area contributed by atoms with Gasteiger partial charge in [0.2, 0.25) is 5.91 Å². The maximum absolute atomic E-state index is 16.0. The number of nitrogens with zero attached hydrogens (tertiary/aromatic N) is 4. The number of benzene rings is 2. The van der Waals surface area contributed by atoms with E-state index in [-0.39, 0.29) is 28.7 Å². The average Bonchev–Trinajstić information content (AvgIpc) is 3.53. The van der Waals surface area contributed by atoms with E-state index in [1.807, 2.05) is 0 Å².